The summed E-state index contributed by atoms with van der Waals surface area (Å²) in [6, 6.07) is 10.7. The number of hydrogen-bond donors (Lipinski definition) is 0. The van der Waals surface area contributed by atoms with Crippen molar-refractivity contribution >= 4 is 68.1 Å². The van der Waals surface area contributed by atoms with Gasteiger partial charge >= 0.3 is 0 Å². The van der Waals surface area contributed by atoms with Crippen molar-refractivity contribution in [2.75, 3.05) is 7.05 Å². The number of benzene rings is 2. The Bertz CT molecular complexity index is 933. The molecule has 8 heteroatoms. The smallest absolute Gasteiger partial charge is 0.293 e. The van der Waals surface area contributed by atoms with Crippen molar-refractivity contribution in [3.63, 3.8) is 0 Å². The van der Waals surface area contributed by atoms with Crippen molar-refractivity contribution in [1.82, 2.24) is 4.90 Å². The molecular weight excluding hydrogens is 461 g/mol. The number of carbonyl (C=O) groups excluding carboxylic acids is 2. The quantitative estimate of drug-likeness (QED) is 0.512. The fourth-order valence-corrected chi connectivity index (χ4v) is 4.02. The molecule has 1 saturated heterocycles. The summed E-state index contributed by atoms with van der Waals surface area (Å²) in [5, 5.41) is 0.835. The highest BCUT2D eigenvalue weighted by molar-refractivity contribution is 9.10. The molecule has 134 valence electrons. The molecule has 1 aliphatic heterocycles. The summed E-state index contributed by atoms with van der Waals surface area (Å²) >= 11 is 16.4. The first-order chi connectivity index (χ1) is 12.3. The van der Waals surface area contributed by atoms with Gasteiger partial charge in [0.25, 0.3) is 11.1 Å². The molecule has 0 bridgehead atoms. The van der Waals surface area contributed by atoms with Gasteiger partial charge in [0.15, 0.2) is 0 Å². The normalized spacial score (nSPS) is 15.8. The van der Waals surface area contributed by atoms with Crippen LogP contribution in [0.1, 0.15) is 11.1 Å². The fourth-order valence-electron chi connectivity index (χ4n) is 2.22. The van der Waals surface area contributed by atoms with Crippen LogP contribution in [-0.4, -0.2) is 23.1 Å². The third kappa shape index (κ3) is 4.26. The van der Waals surface area contributed by atoms with E-state index < -0.39 is 0 Å². The first kappa shape index (κ1) is 19.3. The van der Waals surface area contributed by atoms with E-state index in [1.165, 1.54) is 7.05 Å². The van der Waals surface area contributed by atoms with Crippen LogP contribution in [0.4, 0.5) is 4.79 Å². The maximum absolute atomic E-state index is 11.9. The third-order valence-electron chi connectivity index (χ3n) is 3.64. The van der Waals surface area contributed by atoms with E-state index in [1.54, 1.807) is 24.3 Å². The molecule has 0 aliphatic carbocycles. The van der Waals surface area contributed by atoms with Gasteiger partial charge in [-0.1, -0.05) is 35.3 Å². The van der Waals surface area contributed by atoms with Gasteiger partial charge in [-0.2, -0.15) is 0 Å². The molecule has 0 N–H and O–H groups in total. The number of likely N-dealkylation sites (N-methyl/N-ethyl adjacent to an activating group) is 1. The molecule has 2 amide bonds. The van der Waals surface area contributed by atoms with E-state index in [9.17, 15) is 9.59 Å². The van der Waals surface area contributed by atoms with Crippen LogP contribution in [0.3, 0.4) is 0 Å². The summed E-state index contributed by atoms with van der Waals surface area (Å²) < 4.78 is 6.52. The highest BCUT2D eigenvalue weighted by Gasteiger charge is 2.31. The lowest BCUT2D eigenvalue weighted by atomic mass is 10.2. The topological polar surface area (TPSA) is 46.6 Å². The van der Waals surface area contributed by atoms with Crippen molar-refractivity contribution < 1.29 is 14.3 Å². The molecule has 0 saturated carbocycles. The van der Waals surface area contributed by atoms with Crippen LogP contribution in [0, 0.1) is 0 Å². The summed E-state index contributed by atoms with van der Waals surface area (Å²) in [4.78, 5) is 25.0. The number of halogens is 3. The van der Waals surface area contributed by atoms with Crippen LogP contribution in [-0.2, 0) is 11.4 Å². The van der Waals surface area contributed by atoms with Crippen molar-refractivity contribution in [3.05, 3.63) is 66.9 Å². The monoisotopic (exact) mass is 471 g/mol. The second kappa shape index (κ2) is 8.05. The summed E-state index contributed by atoms with van der Waals surface area (Å²) in [5.41, 5.74) is 1.61. The van der Waals surface area contributed by atoms with Crippen molar-refractivity contribution in [2.24, 2.45) is 0 Å². The number of amides is 2. The zero-order valence-electron chi connectivity index (χ0n) is 13.5. The number of hydrogen-bond acceptors (Lipinski definition) is 4. The highest BCUT2D eigenvalue weighted by Crippen LogP contribution is 2.33. The van der Waals surface area contributed by atoms with E-state index in [0.29, 0.717) is 27.3 Å². The Hall–Kier alpha value is -1.47. The van der Waals surface area contributed by atoms with E-state index >= 15 is 0 Å². The second-order valence-corrected chi connectivity index (χ2v) is 8.15. The van der Waals surface area contributed by atoms with Crippen LogP contribution in [0.5, 0.6) is 5.75 Å². The van der Waals surface area contributed by atoms with E-state index in [1.807, 2.05) is 18.2 Å². The lowest BCUT2D eigenvalue weighted by molar-refractivity contribution is -0.121. The Kier molecular flexibility index (Phi) is 5.97. The molecule has 2 aromatic carbocycles. The first-order valence-corrected chi connectivity index (χ1v) is 9.79. The van der Waals surface area contributed by atoms with Crippen LogP contribution >= 0.6 is 50.9 Å². The van der Waals surface area contributed by atoms with E-state index in [-0.39, 0.29) is 11.1 Å². The zero-order chi connectivity index (χ0) is 18.8. The van der Waals surface area contributed by atoms with E-state index in [0.717, 1.165) is 32.3 Å². The minimum absolute atomic E-state index is 0.278. The molecule has 3 rings (SSSR count). The van der Waals surface area contributed by atoms with Crippen LogP contribution < -0.4 is 4.74 Å². The summed E-state index contributed by atoms with van der Waals surface area (Å²) in [6.45, 7) is 0.294. The first-order valence-electron chi connectivity index (χ1n) is 7.43. The van der Waals surface area contributed by atoms with E-state index in [2.05, 4.69) is 15.9 Å². The Morgan fingerprint density at radius 2 is 1.96 bits per heavy atom. The Balaban J connectivity index is 1.74. The van der Waals surface area contributed by atoms with Crippen LogP contribution in [0.25, 0.3) is 6.08 Å². The van der Waals surface area contributed by atoms with Crippen molar-refractivity contribution in [1.29, 1.82) is 0 Å². The molecule has 1 fully saturated rings. The fraction of sp³-hybridized carbons (Fsp3) is 0.111. The average Bonchev–Trinajstić information content (AvgIpc) is 2.82. The Morgan fingerprint density at radius 1 is 1.19 bits per heavy atom. The largest absolute Gasteiger partial charge is 0.488 e. The lowest BCUT2D eigenvalue weighted by Crippen LogP contribution is -2.22. The molecule has 2 aromatic rings. The van der Waals surface area contributed by atoms with Gasteiger partial charge in [0.05, 0.1) is 9.38 Å². The molecule has 0 unspecified atom stereocenters. The predicted molar refractivity (Wildman–Crippen MR) is 109 cm³/mol. The van der Waals surface area contributed by atoms with Gasteiger partial charge in [0.1, 0.15) is 12.4 Å². The molecular formula is C18H12BrCl2NO3S. The standard InChI is InChI=1S/C18H12BrCl2NO3S/c1-22-17(23)16(26-18(22)24)7-10-2-5-15(13(19)6-10)25-9-11-3-4-12(20)8-14(11)21/h2-8H,9H2,1H3/b16-7-. The van der Waals surface area contributed by atoms with Crippen LogP contribution in [0.15, 0.2) is 45.8 Å². The summed E-state index contributed by atoms with van der Waals surface area (Å²) in [5.74, 6) is 0.339. The van der Waals surface area contributed by atoms with Crippen molar-refractivity contribution in [3.8, 4) is 5.75 Å². The van der Waals surface area contributed by atoms with E-state index in [4.69, 9.17) is 27.9 Å². The van der Waals surface area contributed by atoms with Gasteiger partial charge < -0.3 is 4.74 Å². The number of ether oxygens (including phenoxy) is 1. The second-order valence-electron chi connectivity index (χ2n) is 5.45. The molecule has 1 aliphatic rings. The highest BCUT2D eigenvalue weighted by atomic mass is 79.9. The van der Waals surface area contributed by atoms with Gasteiger partial charge in [-0.05, 0) is 63.6 Å². The Labute approximate surface area is 173 Å². The maximum Gasteiger partial charge on any atom is 0.293 e. The minimum Gasteiger partial charge on any atom is -0.488 e. The minimum atomic E-state index is -0.297. The Morgan fingerprint density at radius 3 is 2.58 bits per heavy atom. The number of nitrogens with zero attached hydrogens (tertiary/aromatic N) is 1. The summed E-state index contributed by atoms with van der Waals surface area (Å²) in [6.07, 6.45) is 1.68. The maximum atomic E-state index is 11.9. The molecule has 1 heterocycles. The number of carbonyl (C=O) groups is 2. The van der Waals surface area contributed by atoms with Crippen LogP contribution in [0.2, 0.25) is 10.0 Å². The lowest BCUT2D eigenvalue weighted by Gasteiger charge is -2.10. The van der Waals surface area contributed by atoms with Crippen molar-refractivity contribution in [2.45, 2.75) is 6.61 Å². The zero-order valence-corrected chi connectivity index (χ0v) is 17.4. The number of thioether (sulfide) groups is 1. The molecule has 0 spiro atoms. The average molecular weight is 473 g/mol. The third-order valence-corrected chi connectivity index (χ3v) is 5.81. The SMILES string of the molecule is CN1C(=O)S/C(=C\c2ccc(OCc3ccc(Cl)cc3Cl)c(Br)c2)C1=O. The van der Waals surface area contributed by atoms with Gasteiger partial charge in [-0.3, -0.25) is 14.5 Å². The van der Waals surface area contributed by atoms with Gasteiger partial charge in [0, 0.05) is 22.7 Å². The summed E-state index contributed by atoms with van der Waals surface area (Å²) in [7, 11) is 1.47. The molecule has 26 heavy (non-hydrogen) atoms. The molecule has 0 radical (unpaired) electrons. The van der Waals surface area contributed by atoms with Gasteiger partial charge in [0.2, 0.25) is 0 Å². The molecule has 0 atom stereocenters. The molecule has 4 nitrogen and oxygen atoms in total. The van der Waals surface area contributed by atoms with Gasteiger partial charge in [-0.15, -0.1) is 0 Å². The number of rotatable bonds is 4. The van der Waals surface area contributed by atoms with Gasteiger partial charge in [-0.25, -0.2) is 0 Å². The molecule has 0 aromatic heterocycles. The number of imide groups is 1. The predicted octanol–water partition coefficient (Wildman–Crippen LogP) is 6.00.